The number of nitriles is 1. The van der Waals surface area contributed by atoms with Crippen molar-refractivity contribution < 1.29 is 38.7 Å². The van der Waals surface area contributed by atoms with E-state index in [1.54, 1.807) is 50.5 Å². The molecule has 9 aromatic rings. The third-order valence-electron chi connectivity index (χ3n) is 11.2. The van der Waals surface area contributed by atoms with E-state index in [9.17, 15) is 49.0 Å². The van der Waals surface area contributed by atoms with Gasteiger partial charge in [-0.25, -0.2) is 9.59 Å². The average molecular weight is 1150 g/mol. The molecule has 0 saturated heterocycles. The molecule has 392 valence electrons. The number of pyridine rings is 3. The van der Waals surface area contributed by atoms with Crippen molar-refractivity contribution in [2.24, 2.45) is 5.41 Å². The molecular weight excluding hydrogens is 1110 g/mol. The molecule has 0 radical (unpaired) electrons. The van der Waals surface area contributed by atoms with Crippen LogP contribution < -0.4 is 16.4 Å². The van der Waals surface area contributed by atoms with Crippen LogP contribution in [0.15, 0.2) is 116 Å². The molecule has 0 unspecified atom stereocenters. The van der Waals surface area contributed by atoms with Crippen molar-refractivity contribution in [2.75, 3.05) is 5.32 Å². The van der Waals surface area contributed by atoms with Crippen LogP contribution in [0.5, 0.6) is 0 Å². The van der Waals surface area contributed by atoms with Crippen molar-refractivity contribution in [2.45, 2.75) is 58.1 Å². The largest absolute Gasteiger partial charge is 0.477 e. The number of carboxylic acid groups (broad SMARTS) is 2. The van der Waals surface area contributed by atoms with Crippen molar-refractivity contribution >= 4 is 104 Å². The van der Waals surface area contributed by atoms with E-state index in [4.69, 9.17) is 27.7 Å². The van der Waals surface area contributed by atoms with E-state index in [-0.39, 0.29) is 71.0 Å². The van der Waals surface area contributed by atoms with Gasteiger partial charge in [0.15, 0.2) is 11.6 Å². The molecule has 0 saturated carbocycles. The Kier molecular flexibility index (Phi) is 16.8. The number of carbonyl (C=O) groups excluding carboxylic acids is 3. The predicted octanol–water partition coefficient (Wildman–Crippen LogP) is 9.48. The first-order valence-electron chi connectivity index (χ1n) is 22.5. The number of nitrogens with one attached hydrogen (secondary N) is 1. The van der Waals surface area contributed by atoms with Gasteiger partial charge in [-0.1, -0.05) is 49.1 Å². The first-order valence-corrected chi connectivity index (χ1v) is 26.7. The minimum atomic E-state index is -1.42. The van der Waals surface area contributed by atoms with Crippen LogP contribution in [-0.2, 0) is 25.4 Å². The maximum Gasteiger partial charge on any atom is 0.352 e. The van der Waals surface area contributed by atoms with Gasteiger partial charge in [0.1, 0.15) is 33.6 Å². The Morgan fingerprint density at radius 3 is 2.16 bits per heavy atom. The summed E-state index contributed by atoms with van der Waals surface area (Å²) in [5, 5.41) is 45.6. The first kappa shape index (κ1) is 55.1. The number of thioether (sulfide) groups is 1. The molecule has 0 atom stereocenters. The van der Waals surface area contributed by atoms with Crippen LogP contribution in [0.3, 0.4) is 0 Å². The number of hydrogen-bond acceptors (Lipinski definition) is 19. The van der Waals surface area contributed by atoms with Crippen molar-refractivity contribution in [3.63, 3.8) is 0 Å². The van der Waals surface area contributed by atoms with Crippen LogP contribution in [0.1, 0.15) is 93.1 Å². The van der Waals surface area contributed by atoms with E-state index >= 15 is 0 Å². The number of carboxylic acids is 2. The summed E-state index contributed by atoms with van der Waals surface area (Å²) in [4.78, 5) is 100. The van der Waals surface area contributed by atoms with Crippen LogP contribution in [-0.4, -0.2) is 83.6 Å². The summed E-state index contributed by atoms with van der Waals surface area (Å²) in [6.07, 6.45) is 7.15. The molecule has 9 aromatic heterocycles. The van der Waals surface area contributed by atoms with E-state index in [2.05, 4.69) is 30.6 Å². The summed E-state index contributed by atoms with van der Waals surface area (Å²) in [5.74, 6) is -3.68. The van der Waals surface area contributed by atoms with Crippen LogP contribution in [0.4, 0.5) is 5.82 Å². The van der Waals surface area contributed by atoms with Gasteiger partial charge in [0.2, 0.25) is 5.76 Å². The number of hydrogen-bond donors (Lipinski definition) is 3. The average Bonchev–Trinajstić information content (AvgIpc) is 4.28. The van der Waals surface area contributed by atoms with Gasteiger partial charge < -0.3 is 24.6 Å². The third kappa shape index (κ3) is 12.3. The molecule has 0 aliphatic heterocycles. The zero-order chi connectivity index (χ0) is 55.3. The van der Waals surface area contributed by atoms with Crippen LogP contribution in [0, 0.1) is 23.7 Å². The number of ketones is 1. The van der Waals surface area contributed by atoms with E-state index in [0.717, 1.165) is 23.6 Å². The Bertz CT molecular complexity index is 3880. The van der Waals surface area contributed by atoms with Crippen LogP contribution in [0.2, 0.25) is 8.67 Å². The number of anilines is 1. The lowest BCUT2D eigenvalue weighted by molar-refractivity contribution is 0.0677. The molecule has 0 fully saturated rings. The van der Waals surface area contributed by atoms with Gasteiger partial charge in [0.05, 0.1) is 51.3 Å². The molecule has 9 rings (SSSR count). The SMILES string of the molecule is Cc1c(-c2cc(SCc3ccc(Cl)s3)n(C(=O)C(C)(C)C)n2)cn(CC(=O)c2ccncc2)c(=O)c1C(=O)O.N#Cc1c(-c2ccc(C(=O)O)n(Cc3cncs3)c2=O)nn(C(=O)c2ccno2)c1NCc1ccc(Cl)s1. The highest BCUT2D eigenvalue weighted by molar-refractivity contribution is 7.98. The van der Waals surface area contributed by atoms with Crippen molar-refractivity contribution in [1.29, 1.82) is 5.26 Å². The first-order chi connectivity index (χ1) is 36.7. The predicted molar refractivity (Wildman–Crippen MR) is 289 cm³/mol. The normalized spacial score (nSPS) is 11.2. The smallest absolute Gasteiger partial charge is 0.352 e. The number of rotatable bonds is 16. The molecule has 3 N–H and O–H groups in total. The van der Waals surface area contributed by atoms with Crippen molar-refractivity contribution in [1.82, 2.24) is 43.8 Å². The molecule has 21 nitrogen and oxygen atoms in total. The fraction of sp³-hybridized carbons (Fsp3) is 0.180. The zero-order valence-corrected chi connectivity index (χ0v) is 45.4. The Hall–Kier alpha value is -8.12. The Labute approximate surface area is 461 Å². The second-order valence-electron chi connectivity index (χ2n) is 17.4. The van der Waals surface area contributed by atoms with Gasteiger partial charge in [0, 0.05) is 67.8 Å². The van der Waals surface area contributed by atoms with E-state index in [1.807, 2.05) is 12.1 Å². The molecule has 27 heteroatoms. The van der Waals surface area contributed by atoms with Crippen LogP contribution in [0.25, 0.3) is 22.5 Å². The minimum absolute atomic E-state index is 0.0177. The Morgan fingerprint density at radius 2 is 1.56 bits per heavy atom. The quantitative estimate of drug-likeness (QED) is 0.0599. The number of thiazole rings is 1. The number of nitrogens with zero attached hydrogens (tertiary/aromatic N) is 10. The highest BCUT2D eigenvalue weighted by Crippen LogP contribution is 2.35. The maximum absolute atomic E-state index is 13.6. The van der Waals surface area contributed by atoms with Gasteiger partial charge in [-0.3, -0.25) is 38.5 Å². The molecule has 0 aromatic carbocycles. The van der Waals surface area contributed by atoms with Gasteiger partial charge in [-0.2, -0.15) is 24.8 Å². The van der Waals surface area contributed by atoms with Gasteiger partial charge in [0.25, 0.3) is 17.0 Å². The van der Waals surface area contributed by atoms with E-state index < -0.39 is 39.9 Å². The van der Waals surface area contributed by atoms with Crippen molar-refractivity contribution in [3.05, 3.63) is 175 Å². The highest BCUT2D eigenvalue weighted by atomic mass is 35.5. The number of carbonyl (C=O) groups is 5. The fourth-order valence-corrected chi connectivity index (χ4v) is 11.2. The topological polar surface area (TPSA) is 293 Å². The summed E-state index contributed by atoms with van der Waals surface area (Å²) in [6.45, 7) is 6.63. The molecule has 0 aliphatic rings. The molecule has 0 spiro atoms. The summed E-state index contributed by atoms with van der Waals surface area (Å²) in [6, 6.07) is 17.8. The summed E-state index contributed by atoms with van der Waals surface area (Å²) < 4.78 is 10.6. The Balaban J connectivity index is 0.000000204. The third-order valence-corrected chi connectivity index (χ3v) is 15.6. The number of aromatic carboxylic acids is 2. The highest BCUT2D eigenvalue weighted by Gasteiger charge is 2.31. The standard InChI is InChI=1S/C27H25ClN4O5S2.C23H14ClN7O5S2/c1-15-18(12-31(24(34)23(15)25(35)36)13-20(33)16-7-9-29-10-8-16)19-11-22(32(30-19)26(37)27(2,3)4)38-14-17-5-6-21(28)39-17;24-18-4-1-12(38-18)9-27-20-15(7-25)19(29-31(20)22(33)17-5-6-28-36-17)14-2-3-16(23(34)35)30(21(14)32)10-13-8-26-11-37-13/h5-12H,13-14H2,1-4H3,(H,35,36);1-6,8,11,27H,9-10H2,(H,34,35). The van der Waals surface area contributed by atoms with E-state index in [1.165, 1.54) is 119 Å². The molecule has 9 heterocycles. The van der Waals surface area contributed by atoms with Gasteiger partial charge in [-0.15, -0.1) is 45.8 Å². The van der Waals surface area contributed by atoms with Crippen molar-refractivity contribution in [3.8, 4) is 28.6 Å². The number of Topliss-reactive ketones (excluding diaryl/α,β-unsaturated/α-hetero) is 1. The minimum Gasteiger partial charge on any atom is -0.477 e. The summed E-state index contributed by atoms with van der Waals surface area (Å²) in [5.41, 5.74) is -0.512. The zero-order valence-electron chi connectivity index (χ0n) is 40.6. The monoisotopic (exact) mass is 1150 g/mol. The molecule has 0 bridgehead atoms. The molecule has 0 aliphatic carbocycles. The van der Waals surface area contributed by atoms with Gasteiger partial charge >= 0.3 is 17.8 Å². The second-order valence-corrected chi connectivity index (χ2v) is 23.0. The number of halogens is 2. The molecular formula is C50H39Cl2N11O10S4. The lowest BCUT2D eigenvalue weighted by Crippen LogP contribution is -2.30. The fourth-order valence-electron chi connectivity index (χ4n) is 7.45. The van der Waals surface area contributed by atoms with E-state index in [0.29, 0.717) is 41.1 Å². The van der Waals surface area contributed by atoms with Crippen LogP contribution >= 0.6 is 69.0 Å². The lowest BCUT2D eigenvalue weighted by Gasteiger charge is -2.17. The summed E-state index contributed by atoms with van der Waals surface area (Å²) >= 11 is 17.5. The Morgan fingerprint density at radius 1 is 0.844 bits per heavy atom. The lowest BCUT2D eigenvalue weighted by atomic mass is 9.96. The molecule has 0 amide bonds. The molecule has 77 heavy (non-hydrogen) atoms. The van der Waals surface area contributed by atoms with Gasteiger partial charge in [-0.05, 0) is 67.1 Å². The number of aromatic nitrogens is 9. The number of thiophene rings is 2. The summed E-state index contributed by atoms with van der Waals surface area (Å²) in [7, 11) is 0. The maximum atomic E-state index is 13.6. The second kappa shape index (κ2) is 23.4.